The molecule has 0 rings (SSSR count). The van der Waals surface area contributed by atoms with Crippen LogP contribution in [0.25, 0.3) is 0 Å². The molecular formula is C13H22O2. The summed E-state index contributed by atoms with van der Waals surface area (Å²) in [6, 6.07) is 0. The summed E-state index contributed by atoms with van der Waals surface area (Å²) in [5.74, 6) is -0.155. The zero-order valence-corrected chi connectivity index (χ0v) is 10.2. The molecule has 0 unspecified atom stereocenters. The molecule has 0 aromatic carbocycles. The largest absolute Gasteiger partial charge is 0.455 e. The van der Waals surface area contributed by atoms with Gasteiger partial charge in [-0.2, -0.15) is 0 Å². The molecule has 0 aliphatic rings. The highest BCUT2D eigenvalue weighted by atomic mass is 16.6. The molecule has 0 bridgehead atoms. The van der Waals surface area contributed by atoms with Crippen molar-refractivity contribution >= 4 is 5.97 Å². The van der Waals surface area contributed by atoms with Gasteiger partial charge in [0.2, 0.25) is 0 Å². The highest BCUT2D eigenvalue weighted by Crippen LogP contribution is 2.13. The Bertz CT molecular complexity index is 237. The Morgan fingerprint density at radius 2 is 1.87 bits per heavy atom. The van der Waals surface area contributed by atoms with Crippen LogP contribution in [0.1, 0.15) is 47.0 Å². The monoisotopic (exact) mass is 210 g/mol. The van der Waals surface area contributed by atoms with Gasteiger partial charge in [-0.1, -0.05) is 25.2 Å². The average molecular weight is 210 g/mol. The molecule has 15 heavy (non-hydrogen) atoms. The summed E-state index contributed by atoms with van der Waals surface area (Å²) in [6.07, 6.45) is 10.6. The summed E-state index contributed by atoms with van der Waals surface area (Å²) in [5.41, 5.74) is -0.483. The second-order valence-corrected chi connectivity index (χ2v) is 3.98. The molecule has 0 atom stereocenters. The Balaban J connectivity index is 3.95. The zero-order chi connectivity index (χ0) is 11.7. The number of rotatable bonds is 6. The number of hydrogen-bond donors (Lipinski definition) is 0. The third-order valence-corrected chi connectivity index (χ3v) is 1.92. The molecule has 0 heterocycles. The first-order valence-corrected chi connectivity index (χ1v) is 5.52. The first kappa shape index (κ1) is 13.9. The maximum absolute atomic E-state index is 11.1. The van der Waals surface area contributed by atoms with Crippen LogP contribution in [-0.4, -0.2) is 11.6 Å². The van der Waals surface area contributed by atoms with E-state index >= 15 is 0 Å². The van der Waals surface area contributed by atoms with E-state index in [9.17, 15) is 4.79 Å². The van der Waals surface area contributed by atoms with Crippen molar-refractivity contribution in [3.8, 4) is 0 Å². The lowest BCUT2D eigenvalue weighted by Gasteiger charge is -2.20. The molecule has 0 N–H and O–H groups in total. The normalized spacial score (nSPS) is 12.5. The minimum Gasteiger partial charge on any atom is -0.455 e. The molecular weight excluding hydrogens is 188 g/mol. The number of esters is 1. The van der Waals surface area contributed by atoms with Crippen molar-refractivity contribution < 1.29 is 9.53 Å². The number of unbranched alkanes of at least 4 members (excludes halogenated alkanes) is 1. The quantitative estimate of drug-likeness (QED) is 0.380. The lowest BCUT2D eigenvalue weighted by Crippen LogP contribution is -2.24. The van der Waals surface area contributed by atoms with Crippen molar-refractivity contribution in [2.24, 2.45) is 0 Å². The van der Waals surface area contributed by atoms with E-state index in [2.05, 4.69) is 12.2 Å². The molecule has 0 aliphatic carbocycles. The van der Waals surface area contributed by atoms with Crippen molar-refractivity contribution in [2.45, 2.75) is 52.6 Å². The van der Waals surface area contributed by atoms with E-state index in [1.54, 1.807) is 6.92 Å². The van der Waals surface area contributed by atoms with Crippen molar-refractivity contribution in [1.82, 2.24) is 0 Å². The van der Waals surface area contributed by atoms with Gasteiger partial charge in [-0.05, 0) is 39.7 Å². The molecule has 0 aromatic heterocycles. The highest BCUT2D eigenvalue weighted by Gasteiger charge is 2.17. The molecule has 0 aliphatic heterocycles. The summed E-state index contributed by atoms with van der Waals surface area (Å²) in [5, 5.41) is 0. The fourth-order valence-electron chi connectivity index (χ4n) is 1.13. The average Bonchev–Trinajstić information content (AvgIpc) is 2.16. The third-order valence-electron chi connectivity index (χ3n) is 1.92. The van der Waals surface area contributed by atoms with Crippen molar-refractivity contribution in [1.29, 1.82) is 0 Å². The van der Waals surface area contributed by atoms with Crippen LogP contribution in [0.2, 0.25) is 0 Å². The molecule has 0 saturated heterocycles. The lowest BCUT2D eigenvalue weighted by atomic mass is 10.1. The van der Waals surface area contributed by atoms with Gasteiger partial charge in [0.05, 0.1) is 0 Å². The maximum atomic E-state index is 11.1. The molecule has 2 heteroatoms. The van der Waals surface area contributed by atoms with Gasteiger partial charge in [0.25, 0.3) is 0 Å². The van der Waals surface area contributed by atoms with E-state index in [0.29, 0.717) is 6.42 Å². The van der Waals surface area contributed by atoms with Crippen LogP contribution in [0, 0.1) is 0 Å². The predicted molar refractivity (Wildman–Crippen MR) is 63.7 cm³/mol. The van der Waals surface area contributed by atoms with Gasteiger partial charge >= 0.3 is 5.97 Å². The van der Waals surface area contributed by atoms with E-state index in [4.69, 9.17) is 4.74 Å². The number of allylic oxidation sites excluding steroid dienone is 3. The first-order valence-electron chi connectivity index (χ1n) is 5.52. The smallest absolute Gasteiger partial charge is 0.306 e. The van der Waals surface area contributed by atoms with Crippen LogP contribution in [-0.2, 0) is 9.53 Å². The highest BCUT2D eigenvalue weighted by molar-refractivity contribution is 5.69. The van der Waals surface area contributed by atoms with Crippen LogP contribution < -0.4 is 0 Å². The molecule has 0 aromatic rings. The van der Waals surface area contributed by atoms with E-state index < -0.39 is 5.60 Å². The van der Waals surface area contributed by atoms with Crippen molar-refractivity contribution in [3.05, 3.63) is 24.3 Å². The van der Waals surface area contributed by atoms with E-state index in [0.717, 1.165) is 12.8 Å². The zero-order valence-electron chi connectivity index (χ0n) is 10.2. The van der Waals surface area contributed by atoms with Crippen LogP contribution >= 0.6 is 0 Å². The Hall–Kier alpha value is -1.05. The minimum atomic E-state index is -0.483. The molecule has 0 radical (unpaired) electrons. The summed E-state index contributed by atoms with van der Waals surface area (Å²) in [7, 11) is 0. The fourth-order valence-corrected chi connectivity index (χ4v) is 1.13. The van der Waals surface area contributed by atoms with Gasteiger partial charge in [0.15, 0.2) is 0 Å². The van der Waals surface area contributed by atoms with Crippen LogP contribution in [0.15, 0.2) is 24.3 Å². The SMILES string of the molecule is C/C=C/CC/C=C/C(C)(C)OC(=O)CC. The Labute approximate surface area is 93.0 Å². The Morgan fingerprint density at radius 3 is 2.40 bits per heavy atom. The molecule has 0 saturated carbocycles. The standard InChI is InChI=1S/C13H22O2/c1-5-7-8-9-10-11-13(3,4)15-12(14)6-2/h5,7,10-11H,6,8-9H2,1-4H3/b7-5+,11-10+. The van der Waals surface area contributed by atoms with Crippen molar-refractivity contribution in [2.75, 3.05) is 0 Å². The van der Waals surface area contributed by atoms with Gasteiger partial charge < -0.3 is 4.74 Å². The van der Waals surface area contributed by atoms with E-state index in [-0.39, 0.29) is 5.97 Å². The first-order chi connectivity index (χ1) is 7.02. The number of carbonyl (C=O) groups excluding carboxylic acids is 1. The van der Waals surface area contributed by atoms with E-state index in [1.165, 1.54) is 0 Å². The molecule has 86 valence electrons. The minimum absolute atomic E-state index is 0.155. The van der Waals surface area contributed by atoms with Gasteiger partial charge in [-0.3, -0.25) is 4.79 Å². The summed E-state index contributed by atoms with van der Waals surface area (Å²) in [6.45, 7) is 7.60. The molecule has 0 spiro atoms. The molecule has 0 amide bonds. The summed E-state index contributed by atoms with van der Waals surface area (Å²) in [4.78, 5) is 11.1. The Kier molecular flexibility index (Phi) is 6.76. The maximum Gasteiger partial charge on any atom is 0.306 e. The second-order valence-electron chi connectivity index (χ2n) is 3.98. The molecule has 2 nitrogen and oxygen atoms in total. The third kappa shape index (κ3) is 7.98. The lowest BCUT2D eigenvalue weighted by molar-refractivity contribution is -0.152. The number of carbonyl (C=O) groups is 1. The Morgan fingerprint density at radius 1 is 1.27 bits per heavy atom. The van der Waals surface area contributed by atoms with Crippen LogP contribution in [0.4, 0.5) is 0 Å². The van der Waals surface area contributed by atoms with E-state index in [1.807, 2.05) is 32.9 Å². The van der Waals surface area contributed by atoms with Gasteiger partial charge in [0.1, 0.15) is 5.60 Å². The second kappa shape index (κ2) is 7.27. The fraction of sp³-hybridized carbons (Fsp3) is 0.615. The summed E-state index contributed by atoms with van der Waals surface area (Å²) >= 11 is 0. The van der Waals surface area contributed by atoms with Gasteiger partial charge in [0, 0.05) is 6.42 Å². The number of ether oxygens (including phenoxy) is 1. The number of hydrogen-bond acceptors (Lipinski definition) is 2. The van der Waals surface area contributed by atoms with Crippen molar-refractivity contribution in [3.63, 3.8) is 0 Å². The summed E-state index contributed by atoms with van der Waals surface area (Å²) < 4.78 is 5.25. The predicted octanol–water partition coefficient (Wildman–Crippen LogP) is 3.63. The van der Waals surface area contributed by atoms with Crippen LogP contribution in [0.3, 0.4) is 0 Å². The van der Waals surface area contributed by atoms with Gasteiger partial charge in [-0.15, -0.1) is 0 Å². The topological polar surface area (TPSA) is 26.3 Å². The van der Waals surface area contributed by atoms with Crippen LogP contribution in [0.5, 0.6) is 0 Å². The molecule has 0 fully saturated rings. The van der Waals surface area contributed by atoms with Gasteiger partial charge in [-0.25, -0.2) is 0 Å².